The van der Waals surface area contributed by atoms with E-state index >= 15 is 0 Å². The lowest BCUT2D eigenvalue weighted by atomic mass is 9.97. The van der Waals surface area contributed by atoms with E-state index in [1.54, 1.807) is 7.05 Å². The van der Waals surface area contributed by atoms with E-state index < -0.39 is 11.6 Å². The number of carbonyl (C=O) groups excluding carboxylic acids is 1. The van der Waals surface area contributed by atoms with Crippen LogP contribution in [0.4, 0.5) is 0 Å². The first kappa shape index (κ1) is 25.0. The van der Waals surface area contributed by atoms with Crippen LogP contribution < -0.4 is 27.1 Å². The molecule has 1 amide bonds. The Bertz CT molecular complexity index is 1040. The van der Waals surface area contributed by atoms with Crippen molar-refractivity contribution in [1.29, 1.82) is 0 Å². The lowest BCUT2D eigenvalue weighted by Gasteiger charge is -2.33. The van der Waals surface area contributed by atoms with Gasteiger partial charge < -0.3 is 26.5 Å². The summed E-state index contributed by atoms with van der Waals surface area (Å²) in [5, 5.41) is 0. The largest absolute Gasteiger partial charge is 0.457 e. The van der Waals surface area contributed by atoms with Crippen molar-refractivity contribution in [1.82, 2.24) is 15.8 Å². The molecule has 1 aliphatic rings. The number of amides is 1. The Balaban J connectivity index is 1.77. The van der Waals surface area contributed by atoms with Crippen molar-refractivity contribution in [2.45, 2.75) is 31.3 Å². The number of nitrogens with zero attached hydrogens (tertiary/aromatic N) is 2. The number of amidine groups is 1. The number of likely N-dealkylation sites (tertiary alicyclic amines) is 1. The number of aliphatic imine (C=N–C) groups is 1. The fraction of sp³-hybridized carbons (Fsp3) is 0.308. The summed E-state index contributed by atoms with van der Waals surface area (Å²) in [4.78, 5) is 18.9. The molecular formula is C26H34N6O2. The zero-order valence-electron chi connectivity index (χ0n) is 19.8. The van der Waals surface area contributed by atoms with Gasteiger partial charge in [0.15, 0.2) is 0 Å². The SMILES string of the molecule is C=CC(=O)N1CCC[C@]1(C)CN=C(NNC)/C(=C\N)C(N)c1ccc(Oc2ccccc2)cc1. The van der Waals surface area contributed by atoms with Crippen LogP contribution in [0.2, 0.25) is 0 Å². The minimum absolute atomic E-state index is 0.0811. The van der Waals surface area contributed by atoms with Gasteiger partial charge in [-0.1, -0.05) is 36.9 Å². The van der Waals surface area contributed by atoms with Gasteiger partial charge in [0.1, 0.15) is 17.3 Å². The van der Waals surface area contributed by atoms with E-state index in [2.05, 4.69) is 17.4 Å². The highest BCUT2D eigenvalue weighted by molar-refractivity contribution is 5.99. The van der Waals surface area contributed by atoms with Crippen LogP contribution in [0.1, 0.15) is 31.4 Å². The molecule has 1 saturated heterocycles. The van der Waals surface area contributed by atoms with E-state index in [0.29, 0.717) is 30.2 Å². The molecule has 1 fully saturated rings. The van der Waals surface area contributed by atoms with Crippen LogP contribution in [0.25, 0.3) is 0 Å². The Morgan fingerprint density at radius 3 is 2.53 bits per heavy atom. The summed E-state index contributed by atoms with van der Waals surface area (Å²) in [6.45, 7) is 6.77. The lowest BCUT2D eigenvalue weighted by Crippen LogP contribution is -2.47. The predicted octanol–water partition coefficient (Wildman–Crippen LogP) is 3.01. The van der Waals surface area contributed by atoms with Gasteiger partial charge in [0.25, 0.3) is 0 Å². The first-order chi connectivity index (χ1) is 16.4. The standard InChI is InChI=1S/C26H34N6O2/c1-4-23(33)32-16-8-15-26(32,2)18-30-25(31-29-3)22(17-27)24(28)19-11-13-21(14-12-19)34-20-9-6-5-7-10-20/h4-7,9-14,17,24,29H,1,8,15-16,18,27-28H2,2-3H3,(H,30,31)/b22-17-/t24?,26-/m1/s1. The zero-order valence-corrected chi connectivity index (χ0v) is 19.8. The highest BCUT2D eigenvalue weighted by Crippen LogP contribution is 2.30. The molecule has 0 bridgehead atoms. The molecule has 2 aromatic carbocycles. The zero-order chi connectivity index (χ0) is 24.6. The summed E-state index contributed by atoms with van der Waals surface area (Å²) in [7, 11) is 1.75. The molecule has 0 radical (unpaired) electrons. The number of nitrogens with one attached hydrogen (secondary N) is 2. The van der Waals surface area contributed by atoms with Crippen LogP contribution in [-0.4, -0.2) is 42.3 Å². The number of hydrazine groups is 1. The van der Waals surface area contributed by atoms with Crippen LogP contribution >= 0.6 is 0 Å². The molecule has 1 heterocycles. The summed E-state index contributed by atoms with van der Waals surface area (Å²) in [6.07, 6.45) is 4.61. The summed E-state index contributed by atoms with van der Waals surface area (Å²) in [6, 6.07) is 16.6. The number of hydrogen-bond acceptors (Lipinski definition) is 6. The summed E-state index contributed by atoms with van der Waals surface area (Å²) < 4.78 is 5.87. The molecule has 8 heteroatoms. The van der Waals surface area contributed by atoms with Gasteiger partial charge in [0, 0.05) is 25.4 Å². The summed E-state index contributed by atoms with van der Waals surface area (Å²) in [5.41, 5.74) is 19.6. The van der Waals surface area contributed by atoms with Gasteiger partial charge in [-0.05, 0) is 55.7 Å². The quantitative estimate of drug-likeness (QED) is 0.197. The van der Waals surface area contributed by atoms with Crippen molar-refractivity contribution in [3.63, 3.8) is 0 Å². The third kappa shape index (κ3) is 5.84. The molecule has 34 heavy (non-hydrogen) atoms. The van der Waals surface area contributed by atoms with Crippen molar-refractivity contribution in [2.24, 2.45) is 16.5 Å². The fourth-order valence-corrected chi connectivity index (χ4v) is 4.12. The normalized spacial score (nSPS) is 19.6. The maximum absolute atomic E-state index is 12.3. The second-order valence-corrected chi connectivity index (χ2v) is 8.42. The maximum atomic E-state index is 12.3. The smallest absolute Gasteiger partial charge is 0.246 e. The van der Waals surface area contributed by atoms with Gasteiger partial charge in [-0.3, -0.25) is 9.79 Å². The third-order valence-corrected chi connectivity index (χ3v) is 6.02. The van der Waals surface area contributed by atoms with Crippen molar-refractivity contribution >= 4 is 11.7 Å². The molecule has 8 nitrogen and oxygen atoms in total. The van der Waals surface area contributed by atoms with Crippen LogP contribution in [0.3, 0.4) is 0 Å². The number of ether oxygens (including phenoxy) is 1. The molecular weight excluding hydrogens is 428 g/mol. The average molecular weight is 463 g/mol. The molecule has 0 aromatic heterocycles. The molecule has 2 atom stereocenters. The first-order valence-electron chi connectivity index (χ1n) is 11.3. The van der Waals surface area contributed by atoms with Crippen molar-refractivity contribution in [3.8, 4) is 11.5 Å². The van der Waals surface area contributed by atoms with E-state index in [4.69, 9.17) is 21.2 Å². The number of rotatable bonds is 9. The van der Waals surface area contributed by atoms with Crippen LogP contribution in [0.5, 0.6) is 11.5 Å². The van der Waals surface area contributed by atoms with Crippen LogP contribution in [-0.2, 0) is 4.79 Å². The highest BCUT2D eigenvalue weighted by Gasteiger charge is 2.38. The predicted molar refractivity (Wildman–Crippen MR) is 136 cm³/mol. The lowest BCUT2D eigenvalue weighted by molar-refractivity contribution is -0.129. The maximum Gasteiger partial charge on any atom is 0.246 e. The Labute approximate surface area is 201 Å². The van der Waals surface area contributed by atoms with Gasteiger partial charge in [-0.25, -0.2) is 5.43 Å². The highest BCUT2D eigenvalue weighted by atomic mass is 16.5. The van der Waals surface area contributed by atoms with Crippen LogP contribution in [0.15, 0.2) is 84.0 Å². The molecule has 3 rings (SSSR count). The molecule has 180 valence electrons. The molecule has 0 saturated carbocycles. The molecule has 0 spiro atoms. The molecule has 1 unspecified atom stereocenters. The van der Waals surface area contributed by atoms with Crippen LogP contribution in [0, 0.1) is 0 Å². The van der Waals surface area contributed by atoms with Gasteiger partial charge in [-0.2, -0.15) is 0 Å². The molecule has 1 aliphatic heterocycles. The van der Waals surface area contributed by atoms with E-state index in [0.717, 1.165) is 24.2 Å². The minimum Gasteiger partial charge on any atom is -0.457 e. The van der Waals surface area contributed by atoms with Crippen molar-refractivity contribution in [2.75, 3.05) is 20.1 Å². The summed E-state index contributed by atoms with van der Waals surface area (Å²) in [5.74, 6) is 1.92. The first-order valence-corrected chi connectivity index (χ1v) is 11.3. The fourth-order valence-electron chi connectivity index (χ4n) is 4.12. The van der Waals surface area contributed by atoms with Crippen molar-refractivity contribution < 1.29 is 9.53 Å². The Morgan fingerprint density at radius 1 is 1.24 bits per heavy atom. The van der Waals surface area contributed by atoms with Gasteiger partial charge in [-0.15, -0.1) is 0 Å². The third-order valence-electron chi connectivity index (χ3n) is 6.02. The second-order valence-electron chi connectivity index (χ2n) is 8.42. The Hall–Kier alpha value is -3.62. The molecule has 0 aliphatic carbocycles. The number of hydrogen-bond donors (Lipinski definition) is 4. The second kappa shape index (κ2) is 11.5. The van der Waals surface area contributed by atoms with Crippen molar-refractivity contribution in [3.05, 3.63) is 84.6 Å². The number of nitrogens with two attached hydrogens (primary N) is 2. The topological polar surface area (TPSA) is 118 Å². The van der Waals surface area contributed by atoms with E-state index in [-0.39, 0.29) is 5.91 Å². The van der Waals surface area contributed by atoms with Gasteiger partial charge in [0.05, 0.1) is 18.1 Å². The minimum atomic E-state index is -0.516. The molecule has 6 N–H and O–H groups in total. The average Bonchev–Trinajstić information content (AvgIpc) is 3.25. The molecule has 2 aromatic rings. The number of benzene rings is 2. The monoisotopic (exact) mass is 462 g/mol. The van der Waals surface area contributed by atoms with E-state index in [1.807, 2.05) is 66.4 Å². The number of para-hydroxylation sites is 1. The van der Waals surface area contributed by atoms with Gasteiger partial charge in [0.2, 0.25) is 5.91 Å². The van der Waals surface area contributed by atoms with E-state index in [9.17, 15) is 4.79 Å². The Morgan fingerprint density at radius 2 is 1.91 bits per heavy atom. The van der Waals surface area contributed by atoms with E-state index in [1.165, 1.54) is 12.3 Å². The Kier molecular flexibility index (Phi) is 8.45. The summed E-state index contributed by atoms with van der Waals surface area (Å²) >= 11 is 0. The number of carbonyl (C=O) groups is 1. The van der Waals surface area contributed by atoms with Gasteiger partial charge >= 0.3 is 0 Å².